The van der Waals surface area contributed by atoms with Gasteiger partial charge >= 0.3 is 0 Å². The van der Waals surface area contributed by atoms with E-state index in [0.717, 1.165) is 37.8 Å². The molecule has 26 heavy (non-hydrogen) atoms. The number of hydrogen-bond donors (Lipinski definition) is 1. The van der Waals surface area contributed by atoms with Gasteiger partial charge in [0, 0.05) is 24.1 Å². The smallest absolute Gasteiger partial charge is 0.250 e. The Labute approximate surface area is 156 Å². The molecule has 140 valence electrons. The van der Waals surface area contributed by atoms with E-state index in [1.807, 2.05) is 19.2 Å². The highest BCUT2D eigenvalue weighted by Crippen LogP contribution is 2.36. The van der Waals surface area contributed by atoms with Crippen LogP contribution in [0.1, 0.15) is 78.5 Å². The van der Waals surface area contributed by atoms with E-state index in [2.05, 4.69) is 29.6 Å². The van der Waals surface area contributed by atoms with Crippen LogP contribution in [-0.2, 0) is 19.4 Å². The second kappa shape index (κ2) is 8.02. The molecule has 2 aromatic heterocycles. The van der Waals surface area contributed by atoms with Crippen LogP contribution in [-0.4, -0.2) is 20.7 Å². The Bertz CT molecular complexity index is 772. The zero-order valence-electron chi connectivity index (χ0n) is 16.2. The highest BCUT2D eigenvalue weighted by atomic mass is 16.1. The van der Waals surface area contributed by atoms with Crippen molar-refractivity contribution in [2.24, 2.45) is 11.7 Å². The average molecular weight is 354 g/mol. The molecule has 2 aromatic rings. The molecule has 0 aliphatic heterocycles. The number of rotatable bonds is 6. The lowest BCUT2D eigenvalue weighted by atomic mass is 9.78. The summed E-state index contributed by atoms with van der Waals surface area (Å²) >= 11 is 0. The fourth-order valence-corrected chi connectivity index (χ4v) is 4.08. The Kier molecular flexibility index (Phi) is 5.74. The number of aryl methyl sites for hydroxylation is 3. The van der Waals surface area contributed by atoms with Gasteiger partial charge in [0.2, 0.25) is 0 Å². The summed E-state index contributed by atoms with van der Waals surface area (Å²) < 4.78 is 2.22. The van der Waals surface area contributed by atoms with Crippen molar-refractivity contribution < 1.29 is 4.79 Å². The maximum atomic E-state index is 11.6. The van der Waals surface area contributed by atoms with Gasteiger partial charge < -0.3 is 5.73 Å². The molecule has 1 fully saturated rings. The molecule has 1 aliphatic carbocycles. The summed E-state index contributed by atoms with van der Waals surface area (Å²) in [5.41, 5.74) is 10.4. The summed E-state index contributed by atoms with van der Waals surface area (Å²) in [5.74, 6) is 0.769. The van der Waals surface area contributed by atoms with Crippen LogP contribution >= 0.6 is 0 Å². The van der Waals surface area contributed by atoms with Crippen LogP contribution in [0.5, 0.6) is 0 Å². The fraction of sp³-hybridized carbons (Fsp3) is 0.571. The number of carbonyl (C=O) groups excluding carboxylic acids is 1. The molecular formula is C21H30N4O. The number of nitrogens with zero attached hydrogens (tertiary/aromatic N) is 3. The van der Waals surface area contributed by atoms with Gasteiger partial charge in [0.25, 0.3) is 5.91 Å². The second-order valence-electron chi connectivity index (χ2n) is 7.50. The summed E-state index contributed by atoms with van der Waals surface area (Å²) in [7, 11) is 0. The van der Waals surface area contributed by atoms with Crippen molar-refractivity contribution in [2.75, 3.05) is 0 Å². The zero-order valence-corrected chi connectivity index (χ0v) is 16.2. The number of hydrogen-bond acceptors (Lipinski definition) is 3. The van der Waals surface area contributed by atoms with Crippen molar-refractivity contribution >= 4 is 5.91 Å². The molecule has 0 atom stereocenters. The highest BCUT2D eigenvalue weighted by molar-refractivity contribution is 5.93. The van der Waals surface area contributed by atoms with Crippen LogP contribution in [0, 0.1) is 12.8 Å². The first-order valence-electron chi connectivity index (χ1n) is 9.83. The van der Waals surface area contributed by atoms with Crippen molar-refractivity contribution in [3.05, 3.63) is 46.5 Å². The lowest BCUT2D eigenvalue weighted by Crippen LogP contribution is -2.21. The van der Waals surface area contributed by atoms with Gasteiger partial charge in [0.15, 0.2) is 0 Å². The summed E-state index contributed by atoms with van der Waals surface area (Å²) in [5, 5.41) is 4.77. The molecule has 1 aliphatic rings. The Hall–Kier alpha value is -2.17. The Morgan fingerprint density at radius 1 is 1.19 bits per heavy atom. The van der Waals surface area contributed by atoms with Crippen molar-refractivity contribution in [3.8, 4) is 0 Å². The third kappa shape index (κ3) is 3.97. The normalized spacial score (nSPS) is 20.3. The molecule has 1 amide bonds. The molecule has 0 aromatic carbocycles. The van der Waals surface area contributed by atoms with E-state index < -0.39 is 0 Å². The van der Waals surface area contributed by atoms with E-state index in [4.69, 9.17) is 10.8 Å². The van der Waals surface area contributed by atoms with Gasteiger partial charge in [-0.3, -0.25) is 14.5 Å². The fourth-order valence-electron chi connectivity index (χ4n) is 4.08. The van der Waals surface area contributed by atoms with E-state index in [1.165, 1.54) is 24.2 Å². The van der Waals surface area contributed by atoms with Crippen molar-refractivity contribution in [3.63, 3.8) is 0 Å². The number of primary amides is 1. The number of carbonyl (C=O) groups is 1. The quantitative estimate of drug-likeness (QED) is 0.858. The van der Waals surface area contributed by atoms with E-state index in [9.17, 15) is 4.79 Å². The lowest BCUT2D eigenvalue weighted by molar-refractivity contribution is 0.0999. The van der Waals surface area contributed by atoms with Gasteiger partial charge in [-0.05, 0) is 75.0 Å². The van der Waals surface area contributed by atoms with Gasteiger partial charge in [-0.1, -0.05) is 13.8 Å². The minimum absolute atomic E-state index is 0.386. The molecule has 0 unspecified atom stereocenters. The third-order valence-corrected chi connectivity index (χ3v) is 5.76. The van der Waals surface area contributed by atoms with Crippen molar-refractivity contribution in [1.82, 2.24) is 14.8 Å². The summed E-state index contributed by atoms with van der Waals surface area (Å²) in [6.45, 7) is 7.22. The molecule has 3 rings (SSSR count). The van der Waals surface area contributed by atoms with E-state index in [-0.39, 0.29) is 5.91 Å². The number of aromatic nitrogens is 3. The maximum absolute atomic E-state index is 11.6. The van der Waals surface area contributed by atoms with Crippen LogP contribution in [0.2, 0.25) is 0 Å². The van der Waals surface area contributed by atoms with Crippen LogP contribution in [0.25, 0.3) is 0 Å². The SMILES string of the molecule is CCc1cc(CC)n(CC2CCC(c3cnc(C)c(C(N)=O)c3)CC2)n1. The first-order valence-corrected chi connectivity index (χ1v) is 9.83. The van der Waals surface area contributed by atoms with Crippen LogP contribution in [0.3, 0.4) is 0 Å². The minimum atomic E-state index is -0.386. The number of nitrogens with two attached hydrogens (primary N) is 1. The number of pyridine rings is 1. The van der Waals surface area contributed by atoms with Gasteiger partial charge in [-0.25, -0.2) is 0 Å². The Morgan fingerprint density at radius 3 is 2.54 bits per heavy atom. The molecule has 5 nitrogen and oxygen atoms in total. The molecular weight excluding hydrogens is 324 g/mol. The molecule has 0 radical (unpaired) electrons. The Balaban J connectivity index is 1.64. The van der Waals surface area contributed by atoms with Crippen molar-refractivity contribution in [2.45, 2.75) is 71.8 Å². The second-order valence-corrected chi connectivity index (χ2v) is 7.50. The highest BCUT2D eigenvalue weighted by Gasteiger charge is 2.24. The molecule has 0 saturated heterocycles. The van der Waals surface area contributed by atoms with E-state index in [1.54, 1.807) is 0 Å². The molecule has 0 spiro atoms. The first-order chi connectivity index (χ1) is 12.5. The third-order valence-electron chi connectivity index (χ3n) is 5.76. The predicted octanol–water partition coefficient (Wildman–Crippen LogP) is 3.78. The van der Waals surface area contributed by atoms with E-state index in [0.29, 0.717) is 23.1 Å². The first kappa shape index (κ1) is 18.6. The zero-order chi connectivity index (χ0) is 18.7. The molecule has 2 heterocycles. The van der Waals surface area contributed by atoms with Gasteiger partial charge in [0.05, 0.1) is 11.3 Å². The van der Waals surface area contributed by atoms with Crippen molar-refractivity contribution in [1.29, 1.82) is 0 Å². The van der Waals surface area contributed by atoms with Crippen LogP contribution in [0.15, 0.2) is 18.3 Å². The van der Waals surface area contributed by atoms with Crippen LogP contribution < -0.4 is 5.73 Å². The topological polar surface area (TPSA) is 73.8 Å². The minimum Gasteiger partial charge on any atom is -0.366 e. The molecule has 0 bridgehead atoms. The molecule has 2 N–H and O–H groups in total. The van der Waals surface area contributed by atoms with Gasteiger partial charge in [-0.2, -0.15) is 5.10 Å². The Morgan fingerprint density at radius 2 is 1.92 bits per heavy atom. The summed E-state index contributed by atoms with van der Waals surface area (Å²) in [4.78, 5) is 16.0. The molecule has 1 saturated carbocycles. The number of amides is 1. The predicted molar refractivity (Wildman–Crippen MR) is 103 cm³/mol. The van der Waals surface area contributed by atoms with Crippen LogP contribution in [0.4, 0.5) is 0 Å². The molecule has 5 heteroatoms. The van der Waals surface area contributed by atoms with E-state index >= 15 is 0 Å². The summed E-state index contributed by atoms with van der Waals surface area (Å²) in [6.07, 6.45) is 8.60. The average Bonchev–Trinajstić information content (AvgIpc) is 3.04. The maximum Gasteiger partial charge on any atom is 0.250 e. The van der Waals surface area contributed by atoms with Gasteiger partial charge in [0.1, 0.15) is 0 Å². The lowest BCUT2D eigenvalue weighted by Gasteiger charge is -2.29. The largest absolute Gasteiger partial charge is 0.366 e. The summed E-state index contributed by atoms with van der Waals surface area (Å²) in [6, 6.07) is 4.20. The monoisotopic (exact) mass is 354 g/mol. The van der Waals surface area contributed by atoms with Gasteiger partial charge in [-0.15, -0.1) is 0 Å². The standard InChI is InChI=1S/C21H30N4O/c1-4-18-11-19(5-2)25(24-18)13-15-6-8-16(9-7-15)17-10-20(21(22)26)14(3)23-12-17/h10-12,15-16H,4-9,13H2,1-3H3,(H2,22,26).